The summed E-state index contributed by atoms with van der Waals surface area (Å²) < 4.78 is 9.27. The molecule has 118 valence electrons. The van der Waals surface area contributed by atoms with Gasteiger partial charge in [0.05, 0.1) is 25.3 Å². The maximum Gasteiger partial charge on any atom is 0.337 e. The molecule has 0 aliphatic heterocycles. The van der Waals surface area contributed by atoms with Gasteiger partial charge in [0.1, 0.15) is 0 Å². The minimum atomic E-state index is -0.629. The number of hydrogen-bond donors (Lipinski definition) is 1. The number of esters is 2. The van der Waals surface area contributed by atoms with Gasteiger partial charge in [-0.25, -0.2) is 9.59 Å². The molecule has 2 rings (SSSR count). The number of nitrogens with one attached hydrogen (secondary N) is 1. The number of benzene rings is 1. The molecule has 0 aliphatic carbocycles. The smallest absolute Gasteiger partial charge is 0.337 e. The highest BCUT2D eigenvalue weighted by atomic mass is 16.5. The molecule has 0 aliphatic rings. The van der Waals surface area contributed by atoms with Crippen LogP contribution in [-0.4, -0.2) is 37.0 Å². The Balaban J connectivity index is 2.35. The Hall–Kier alpha value is -3.22. The first-order chi connectivity index (χ1) is 11.0. The highest BCUT2D eigenvalue weighted by molar-refractivity contribution is 6.05. The van der Waals surface area contributed by atoms with Crippen LogP contribution >= 0.6 is 0 Å². The van der Waals surface area contributed by atoms with Crippen LogP contribution in [0.5, 0.6) is 0 Å². The molecule has 2 aromatic rings. The molecular weight excluding hydrogens is 300 g/mol. The third-order valence-corrected chi connectivity index (χ3v) is 2.98. The molecule has 0 radical (unpaired) electrons. The highest BCUT2D eigenvalue weighted by Gasteiger charge is 2.15. The first-order valence-corrected chi connectivity index (χ1v) is 6.58. The summed E-state index contributed by atoms with van der Waals surface area (Å²) in [6.45, 7) is 0. The van der Waals surface area contributed by atoms with Crippen LogP contribution < -0.4 is 5.32 Å². The minimum Gasteiger partial charge on any atom is -0.465 e. The Labute approximate surface area is 132 Å². The van der Waals surface area contributed by atoms with Crippen molar-refractivity contribution in [2.24, 2.45) is 0 Å². The molecule has 1 N–H and O–H groups in total. The number of aromatic nitrogens is 1. The lowest BCUT2D eigenvalue weighted by molar-refractivity contribution is 0.0599. The zero-order chi connectivity index (χ0) is 16.8. The largest absolute Gasteiger partial charge is 0.465 e. The van der Waals surface area contributed by atoms with E-state index in [1.807, 2.05) is 0 Å². The standard InChI is InChI=1S/C16H14N2O5/c1-22-15(20)11-7-12(16(21)23-2)9-13(8-11)18-14(19)10-3-5-17-6-4-10/h3-9H,1-2H3,(H,18,19). The minimum absolute atomic E-state index is 0.125. The van der Waals surface area contributed by atoms with Crippen molar-refractivity contribution in [3.8, 4) is 0 Å². The number of rotatable bonds is 4. The van der Waals surface area contributed by atoms with E-state index >= 15 is 0 Å². The van der Waals surface area contributed by atoms with E-state index in [1.165, 1.54) is 44.8 Å². The maximum absolute atomic E-state index is 12.1. The number of amides is 1. The van der Waals surface area contributed by atoms with Gasteiger partial charge in [-0.15, -0.1) is 0 Å². The van der Waals surface area contributed by atoms with Crippen LogP contribution in [0.4, 0.5) is 5.69 Å². The average molecular weight is 314 g/mol. The lowest BCUT2D eigenvalue weighted by atomic mass is 10.1. The van der Waals surface area contributed by atoms with Gasteiger partial charge < -0.3 is 14.8 Å². The van der Waals surface area contributed by atoms with Gasteiger partial charge in [-0.05, 0) is 30.3 Å². The van der Waals surface area contributed by atoms with Gasteiger partial charge >= 0.3 is 11.9 Å². The average Bonchev–Trinajstić information content (AvgIpc) is 2.60. The molecule has 1 amide bonds. The van der Waals surface area contributed by atoms with Crippen molar-refractivity contribution in [3.63, 3.8) is 0 Å². The molecule has 1 heterocycles. The summed E-state index contributed by atoms with van der Waals surface area (Å²) in [5, 5.41) is 2.61. The van der Waals surface area contributed by atoms with Gasteiger partial charge in [-0.2, -0.15) is 0 Å². The zero-order valence-electron chi connectivity index (χ0n) is 12.5. The van der Waals surface area contributed by atoms with Crippen LogP contribution in [0.15, 0.2) is 42.7 Å². The van der Waals surface area contributed by atoms with Crippen molar-refractivity contribution in [2.45, 2.75) is 0 Å². The van der Waals surface area contributed by atoms with Crippen molar-refractivity contribution in [2.75, 3.05) is 19.5 Å². The molecule has 0 unspecified atom stereocenters. The molecule has 0 saturated heterocycles. The summed E-state index contributed by atoms with van der Waals surface area (Å²) in [6.07, 6.45) is 2.97. The predicted octanol–water partition coefficient (Wildman–Crippen LogP) is 1.91. The van der Waals surface area contributed by atoms with Crippen molar-refractivity contribution in [3.05, 3.63) is 59.4 Å². The third kappa shape index (κ3) is 3.91. The van der Waals surface area contributed by atoms with Gasteiger partial charge in [0.15, 0.2) is 0 Å². The van der Waals surface area contributed by atoms with Gasteiger partial charge in [0.2, 0.25) is 0 Å². The van der Waals surface area contributed by atoms with Crippen LogP contribution in [0.25, 0.3) is 0 Å². The van der Waals surface area contributed by atoms with Gasteiger partial charge in [-0.3, -0.25) is 9.78 Å². The van der Waals surface area contributed by atoms with Gasteiger partial charge in [-0.1, -0.05) is 0 Å². The maximum atomic E-state index is 12.1. The summed E-state index contributed by atoms with van der Waals surface area (Å²) in [5.74, 6) is -1.66. The van der Waals surface area contributed by atoms with Crippen LogP contribution in [0, 0.1) is 0 Å². The van der Waals surface area contributed by atoms with E-state index in [9.17, 15) is 14.4 Å². The van der Waals surface area contributed by atoms with E-state index in [1.54, 1.807) is 12.1 Å². The SMILES string of the molecule is COC(=O)c1cc(NC(=O)c2ccncc2)cc(C(=O)OC)c1. The summed E-state index contributed by atoms with van der Waals surface area (Å²) in [5.41, 5.74) is 0.916. The highest BCUT2D eigenvalue weighted by Crippen LogP contribution is 2.18. The number of carbonyl (C=O) groups is 3. The molecule has 1 aromatic carbocycles. The Morgan fingerprint density at radius 3 is 1.87 bits per heavy atom. The molecule has 0 saturated carbocycles. The fourth-order valence-electron chi connectivity index (χ4n) is 1.88. The van der Waals surface area contributed by atoms with Crippen LogP contribution in [0.2, 0.25) is 0 Å². The molecule has 0 bridgehead atoms. The third-order valence-electron chi connectivity index (χ3n) is 2.98. The van der Waals surface area contributed by atoms with Crippen LogP contribution in [0.1, 0.15) is 31.1 Å². The summed E-state index contributed by atoms with van der Waals surface area (Å²) >= 11 is 0. The van der Waals surface area contributed by atoms with E-state index < -0.39 is 17.8 Å². The Kier molecular flexibility index (Phi) is 5.03. The first kappa shape index (κ1) is 16.2. The number of hydrogen-bond acceptors (Lipinski definition) is 6. The summed E-state index contributed by atoms with van der Waals surface area (Å²) in [6, 6.07) is 7.25. The predicted molar refractivity (Wildman–Crippen MR) is 81.3 cm³/mol. The fraction of sp³-hybridized carbons (Fsp3) is 0.125. The molecule has 7 heteroatoms. The van der Waals surface area contributed by atoms with E-state index in [0.29, 0.717) is 5.56 Å². The molecule has 0 fully saturated rings. The summed E-state index contributed by atoms with van der Waals surface area (Å²) in [7, 11) is 2.45. The molecular formula is C16H14N2O5. The Morgan fingerprint density at radius 2 is 1.39 bits per heavy atom. The van der Waals surface area contributed by atoms with Crippen molar-refractivity contribution in [1.82, 2.24) is 4.98 Å². The number of methoxy groups -OCH3 is 2. The monoisotopic (exact) mass is 314 g/mol. The summed E-state index contributed by atoms with van der Waals surface area (Å²) in [4.78, 5) is 39.4. The molecule has 0 atom stereocenters. The number of pyridine rings is 1. The lowest BCUT2D eigenvalue weighted by Crippen LogP contribution is -2.14. The normalized spacial score (nSPS) is 9.83. The van der Waals surface area contributed by atoms with E-state index in [4.69, 9.17) is 0 Å². The number of anilines is 1. The van der Waals surface area contributed by atoms with Gasteiger partial charge in [0.25, 0.3) is 5.91 Å². The second kappa shape index (κ2) is 7.17. The Morgan fingerprint density at radius 1 is 0.870 bits per heavy atom. The van der Waals surface area contributed by atoms with E-state index in [-0.39, 0.29) is 16.8 Å². The quantitative estimate of drug-likeness (QED) is 0.866. The number of ether oxygens (including phenoxy) is 2. The second-order valence-corrected chi connectivity index (χ2v) is 4.47. The molecule has 1 aromatic heterocycles. The van der Waals surface area contributed by atoms with Crippen molar-refractivity contribution < 1.29 is 23.9 Å². The second-order valence-electron chi connectivity index (χ2n) is 4.47. The molecule has 7 nitrogen and oxygen atoms in total. The van der Waals surface area contributed by atoms with Crippen LogP contribution in [-0.2, 0) is 9.47 Å². The number of nitrogens with zero attached hydrogens (tertiary/aromatic N) is 1. The Bertz CT molecular complexity index is 709. The topological polar surface area (TPSA) is 94.6 Å². The van der Waals surface area contributed by atoms with E-state index in [2.05, 4.69) is 19.8 Å². The van der Waals surface area contributed by atoms with Gasteiger partial charge in [0, 0.05) is 23.6 Å². The lowest BCUT2D eigenvalue weighted by Gasteiger charge is -2.09. The molecule has 23 heavy (non-hydrogen) atoms. The van der Waals surface area contributed by atoms with Crippen molar-refractivity contribution >= 4 is 23.5 Å². The fourth-order valence-corrected chi connectivity index (χ4v) is 1.88. The van der Waals surface area contributed by atoms with Crippen molar-refractivity contribution in [1.29, 1.82) is 0 Å². The van der Waals surface area contributed by atoms with E-state index in [0.717, 1.165) is 0 Å². The number of carbonyl (C=O) groups excluding carboxylic acids is 3. The first-order valence-electron chi connectivity index (χ1n) is 6.58. The van der Waals surface area contributed by atoms with Crippen LogP contribution in [0.3, 0.4) is 0 Å². The molecule has 0 spiro atoms. The zero-order valence-corrected chi connectivity index (χ0v) is 12.5.